The molecule has 23 heavy (non-hydrogen) atoms. The minimum Gasteiger partial charge on any atom is -0.488 e. The van der Waals surface area contributed by atoms with E-state index in [1.54, 1.807) is 0 Å². The van der Waals surface area contributed by atoms with Gasteiger partial charge in [-0.1, -0.05) is 18.2 Å². The van der Waals surface area contributed by atoms with E-state index in [4.69, 9.17) is 4.74 Å². The van der Waals surface area contributed by atoms with E-state index >= 15 is 0 Å². The van der Waals surface area contributed by atoms with Gasteiger partial charge in [0.2, 0.25) is 5.95 Å². The molecular formula is C18H22N4O. The van der Waals surface area contributed by atoms with Crippen LogP contribution in [0, 0.1) is 0 Å². The maximum Gasteiger partial charge on any atom is 0.225 e. The highest BCUT2D eigenvalue weighted by molar-refractivity contribution is 5.37. The number of nitrogens with one attached hydrogen (secondary N) is 1. The van der Waals surface area contributed by atoms with Gasteiger partial charge in [-0.05, 0) is 24.5 Å². The molecule has 1 atom stereocenters. The summed E-state index contributed by atoms with van der Waals surface area (Å²) in [5.41, 5.74) is 2.42. The molecule has 2 aliphatic heterocycles. The van der Waals surface area contributed by atoms with Gasteiger partial charge in [0.15, 0.2) is 0 Å². The standard InChI is InChI=1S/C18H22N4O/c1-2-6-17-15(5-1)9-16(23-17)13-19-10-14-11-20-18(21-12-14)22-7-3-4-8-22/h1-2,5-6,11-12,16,19H,3-4,7-10,13H2. The maximum atomic E-state index is 5.93. The Morgan fingerprint density at radius 2 is 1.91 bits per heavy atom. The molecule has 2 aliphatic rings. The second-order valence-corrected chi connectivity index (χ2v) is 6.27. The van der Waals surface area contributed by atoms with Gasteiger partial charge < -0.3 is 15.0 Å². The van der Waals surface area contributed by atoms with Crippen LogP contribution in [0.1, 0.15) is 24.0 Å². The fraction of sp³-hybridized carbons (Fsp3) is 0.444. The Balaban J connectivity index is 1.25. The quantitative estimate of drug-likeness (QED) is 0.917. The zero-order valence-corrected chi connectivity index (χ0v) is 13.2. The summed E-state index contributed by atoms with van der Waals surface area (Å²) in [4.78, 5) is 11.2. The van der Waals surface area contributed by atoms with Gasteiger partial charge in [-0.25, -0.2) is 9.97 Å². The van der Waals surface area contributed by atoms with Crippen LogP contribution < -0.4 is 15.0 Å². The topological polar surface area (TPSA) is 50.3 Å². The lowest BCUT2D eigenvalue weighted by atomic mass is 10.1. The van der Waals surface area contributed by atoms with E-state index in [0.29, 0.717) is 0 Å². The minimum absolute atomic E-state index is 0.220. The monoisotopic (exact) mass is 310 g/mol. The van der Waals surface area contributed by atoms with Crippen molar-refractivity contribution in [1.29, 1.82) is 0 Å². The van der Waals surface area contributed by atoms with Crippen molar-refractivity contribution in [3.8, 4) is 5.75 Å². The molecular weight excluding hydrogens is 288 g/mol. The van der Waals surface area contributed by atoms with E-state index in [1.807, 2.05) is 24.5 Å². The van der Waals surface area contributed by atoms with Crippen LogP contribution in [0.3, 0.4) is 0 Å². The first kappa shape index (κ1) is 14.5. The van der Waals surface area contributed by atoms with E-state index in [2.05, 4.69) is 32.3 Å². The first-order chi connectivity index (χ1) is 11.4. The molecule has 1 unspecified atom stereocenters. The molecule has 1 N–H and O–H groups in total. The molecule has 3 heterocycles. The van der Waals surface area contributed by atoms with Crippen LogP contribution in [0.2, 0.25) is 0 Å². The fourth-order valence-electron chi connectivity index (χ4n) is 3.26. The molecule has 1 fully saturated rings. The highest BCUT2D eigenvalue weighted by atomic mass is 16.5. The molecule has 0 aliphatic carbocycles. The summed E-state index contributed by atoms with van der Waals surface area (Å²) >= 11 is 0. The molecule has 0 bridgehead atoms. The van der Waals surface area contributed by atoms with Crippen molar-refractivity contribution in [3.05, 3.63) is 47.8 Å². The van der Waals surface area contributed by atoms with Gasteiger partial charge in [-0.15, -0.1) is 0 Å². The SMILES string of the molecule is c1ccc2c(c1)CC(CNCc1cnc(N3CCCC3)nc1)O2. The minimum atomic E-state index is 0.220. The summed E-state index contributed by atoms with van der Waals surface area (Å²) in [7, 11) is 0. The first-order valence-electron chi connectivity index (χ1n) is 8.39. The Hall–Kier alpha value is -2.14. The number of nitrogens with zero attached hydrogens (tertiary/aromatic N) is 3. The Morgan fingerprint density at radius 3 is 2.70 bits per heavy atom. The molecule has 0 saturated carbocycles. The largest absolute Gasteiger partial charge is 0.488 e. The molecule has 120 valence electrons. The summed E-state index contributed by atoms with van der Waals surface area (Å²) < 4.78 is 5.93. The van der Waals surface area contributed by atoms with Crippen LogP contribution in [0.25, 0.3) is 0 Å². The molecule has 0 spiro atoms. The lowest BCUT2D eigenvalue weighted by Gasteiger charge is -2.15. The van der Waals surface area contributed by atoms with E-state index < -0.39 is 0 Å². The predicted octanol–water partition coefficient (Wildman–Crippen LogP) is 2.17. The summed E-state index contributed by atoms with van der Waals surface area (Å²) in [6.07, 6.45) is 7.55. The number of benzene rings is 1. The molecule has 1 aromatic heterocycles. The number of aromatic nitrogens is 2. The third kappa shape index (κ3) is 3.29. The lowest BCUT2D eigenvalue weighted by Crippen LogP contribution is -2.29. The molecule has 1 saturated heterocycles. The van der Waals surface area contributed by atoms with Crippen LogP contribution >= 0.6 is 0 Å². The summed E-state index contributed by atoms with van der Waals surface area (Å²) in [5, 5.41) is 3.45. The van der Waals surface area contributed by atoms with E-state index in [9.17, 15) is 0 Å². The number of fused-ring (bicyclic) bond motifs is 1. The average molecular weight is 310 g/mol. The normalized spacial score (nSPS) is 19.7. The summed E-state index contributed by atoms with van der Waals surface area (Å²) in [6.45, 7) is 3.77. The van der Waals surface area contributed by atoms with E-state index in [0.717, 1.165) is 49.9 Å². The smallest absolute Gasteiger partial charge is 0.225 e. The highest BCUT2D eigenvalue weighted by Gasteiger charge is 2.21. The van der Waals surface area contributed by atoms with Gasteiger partial charge in [0, 0.05) is 50.6 Å². The number of hydrogen-bond donors (Lipinski definition) is 1. The Bertz CT molecular complexity index is 627. The third-order valence-corrected chi connectivity index (χ3v) is 4.50. The second kappa shape index (κ2) is 6.54. The van der Waals surface area contributed by atoms with Gasteiger partial charge in [0.05, 0.1) is 0 Å². The number of ether oxygens (including phenoxy) is 1. The van der Waals surface area contributed by atoms with Crippen molar-refractivity contribution in [1.82, 2.24) is 15.3 Å². The third-order valence-electron chi connectivity index (χ3n) is 4.50. The highest BCUT2D eigenvalue weighted by Crippen LogP contribution is 2.27. The molecule has 4 rings (SSSR count). The van der Waals surface area contributed by atoms with Crippen molar-refractivity contribution >= 4 is 5.95 Å². The fourth-order valence-corrected chi connectivity index (χ4v) is 3.26. The number of hydrogen-bond acceptors (Lipinski definition) is 5. The van der Waals surface area contributed by atoms with E-state index in [1.165, 1.54) is 18.4 Å². The van der Waals surface area contributed by atoms with E-state index in [-0.39, 0.29) is 6.10 Å². The van der Waals surface area contributed by atoms with Crippen LogP contribution in [0.4, 0.5) is 5.95 Å². The second-order valence-electron chi connectivity index (χ2n) is 6.27. The van der Waals surface area contributed by atoms with Crippen molar-refractivity contribution in [3.63, 3.8) is 0 Å². The number of rotatable bonds is 5. The molecule has 0 radical (unpaired) electrons. The van der Waals surface area contributed by atoms with Crippen LogP contribution in [-0.4, -0.2) is 35.7 Å². The molecule has 5 heteroatoms. The Kier molecular flexibility index (Phi) is 4.11. The zero-order chi connectivity index (χ0) is 15.5. The van der Waals surface area contributed by atoms with Gasteiger partial charge >= 0.3 is 0 Å². The van der Waals surface area contributed by atoms with Crippen LogP contribution in [0.15, 0.2) is 36.7 Å². The van der Waals surface area contributed by atoms with Gasteiger partial charge in [-0.2, -0.15) is 0 Å². The maximum absolute atomic E-state index is 5.93. The molecule has 2 aromatic rings. The molecule has 1 aromatic carbocycles. The van der Waals surface area contributed by atoms with Crippen LogP contribution in [-0.2, 0) is 13.0 Å². The van der Waals surface area contributed by atoms with Crippen LogP contribution in [0.5, 0.6) is 5.75 Å². The Morgan fingerprint density at radius 1 is 1.13 bits per heavy atom. The first-order valence-corrected chi connectivity index (χ1v) is 8.39. The van der Waals surface area contributed by atoms with Crippen molar-refractivity contribution < 1.29 is 4.74 Å². The average Bonchev–Trinajstić information content (AvgIpc) is 3.25. The number of para-hydroxylation sites is 1. The van der Waals surface area contributed by atoms with Crippen molar-refractivity contribution in [2.45, 2.75) is 31.9 Å². The summed E-state index contributed by atoms with van der Waals surface area (Å²) in [5.74, 6) is 1.89. The lowest BCUT2D eigenvalue weighted by molar-refractivity contribution is 0.227. The predicted molar refractivity (Wildman–Crippen MR) is 89.7 cm³/mol. The van der Waals surface area contributed by atoms with Gasteiger partial charge in [0.25, 0.3) is 0 Å². The molecule has 5 nitrogen and oxygen atoms in total. The molecule has 0 amide bonds. The van der Waals surface area contributed by atoms with Gasteiger partial charge in [0.1, 0.15) is 11.9 Å². The number of anilines is 1. The van der Waals surface area contributed by atoms with Crippen molar-refractivity contribution in [2.75, 3.05) is 24.5 Å². The zero-order valence-electron chi connectivity index (χ0n) is 13.2. The summed E-state index contributed by atoms with van der Waals surface area (Å²) in [6, 6.07) is 8.27. The van der Waals surface area contributed by atoms with Crippen molar-refractivity contribution in [2.24, 2.45) is 0 Å². The Labute approximate surface area is 136 Å². The van der Waals surface area contributed by atoms with Gasteiger partial charge in [-0.3, -0.25) is 0 Å².